The van der Waals surface area contributed by atoms with E-state index in [-0.39, 0.29) is 0 Å². The van der Waals surface area contributed by atoms with E-state index in [0.717, 1.165) is 19.0 Å². The largest absolute Gasteiger partial charge is 0.355 e. The number of hydrogen-bond donors (Lipinski definition) is 2. The van der Waals surface area contributed by atoms with Crippen LogP contribution in [0.15, 0.2) is 17.1 Å². The van der Waals surface area contributed by atoms with Gasteiger partial charge in [0.2, 0.25) is 0 Å². The molecule has 1 atom stereocenters. The van der Waals surface area contributed by atoms with Crippen molar-refractivity contribution in [2.45, 2.75) is 32.4 Å². The second kappa shape index (κ2) is 6.91. The summed E-state index contributed by atoms with van der Waals surface area (Å²) < 4.78 is 0. The van der Waals surface area contributed by atoms with Crippen molar-refractivity contribution in [3.63, 3.8) is 0 Å². The summed E-state index contributed by atoms with van der Waals surface area (Å²) in [7, 11) is 4.03. The normalized spacial score (nSPS) is 20.8. The summed E-state index contributed by atoms with van der Waals surface area (Å²) in [5.74, 6) is 0.895. The third kappa shape index (κ3) is 4.21. The van der Waals surface area contributed by atoms with E-state index in [2.05, 4.69) is 46.6 Å². The van der Waals surface area contributed by atoms with Crippen molar-refractivity contribution in [3.05, 3.63) is 21.9 Å². The summed E-state index contributed by atoms with van der Waals surface area (Å²) in [6, 6.07) is 4.97. The molecule has 106 valence electrons. The summed E-state index contributed by atoms with van der Waals surface area (Å²) in [6.45, 7) is 5.17. The first-order valence-corrected chi connectivity index (χ1v) is 7.71. The lowest BCUT2D eigenvalue weighted by Gasteiger charge is -2.21. The molecule has 0 spiro atoms. The smallest absolute Gasteiger partial charge is 0.191 e. The molecule has 0 aliphatic carbocycles. The second-order valence-corrected chi connectivity index (χ2v) is 6.47. The molecule has 2 N–H and O–H groups in total. The standard InChI is InChI=1S/C14H24N4S/c1-11-6-7-13(19-11)10-17-14(15-2)16-9-12-5-4-8-18(12)3/h6-7,12H,4-5,8-10H2,1-3H3,(H2,15,16,17). The number of rotatable bonds is 4. The molecule has 0 amide bonds. The highest BCUT2D eigenvalue weighted by atomic mass is 32.1. The molecular weight excluding hydrogens is 256 g/mol. The van der Waals surface area contributed by atoms with Crippen LogP contribution in [0.1, 0.15) is 22.6 Å². The van der Waals surface area contributed by atoms with Gasteiger partial charge in [-0.2, -0.15) is 0 Å². The lowest BCUT2D eigenvalue weighted by molar-refractivity contribution is 0.309. The third-order valence-corrected chi connectivity index (χ3v) is 4.63. The lowest BCUT2D eigenvalue weighted by atomic mass is 10.2. The molecule has 1 aromatic heterocycles. The Morgan fingerprint density at radius 1 is 1.47 bits per heavy atom. The zero-order chi connectivity index (χ0) is 13.7. The van der Waals surface area contributed by atoms with Gasteiger partial charge in [-0.25, -0.2) is 0 Å². The van der Waals surface area contributed by atoms with Crippen molar-refractivity contribution in [3.8, 4) is 0 Å². The average molecular weight is 280 g/mol. The van der Waals surface area contributed by atoms with Gasteiger partial charge in [-0.15, -0.1) is 11.3 Å². The van der Waals surface area contributed by atoms with Crippen LogP contribution in [0, 0.1) is 6.92 Å². The molecule has 1 aliphatic rings. The molecule has 1 saturated heterocycles. The minimum absolute atomic E-state index is 0.641. The van der Waals surface area contributed by atoms with Gasteiger partial charge >= 0.3 is 0 Å². The Hall–Kier alpha value is -1.07. The van der Waals surface area contributed by atoms with Crippen LogP contribution in [0.5, 0.6) is 0 Å². The van der Waals surface area contributed by atoms with Gasteiger partial charge in [0.1, 0.15) is 0 Å². The maximum atomic E-state index is 4.28. The molecule has 2 heterocycles. The maximum Gasteiger partial charge on any atom is 0.191 e. The van der Waals surface area contributed by atoms with Crippen LogP contribution in [0.4, 0.5) is 0 Å². The van der Waals surface area contributed by atoms with Gasteiger partial charge in [-0.3, -0.25) is 4.99 Å². The van der Waals surface area contributed by atoms with E-state index in [1.165, 1.54) is 29.1 Å². The van der Waals surface area contributed by atoms with Crippen LogP contribution in [-0.2, 0) is 6.54 Å². The van der Waals surface area contributed by atoms with E-state index in [1.807, 2.05) is 18.4 Å². The molecule has 0 saturated carbocycles. The zero-order valence-corrected chi connectivity index (χ0v) is 12.9. The summed E-state index contributed by atoms with van der Waals surface area (Å²) >= 11 is 1.83. The van der Waals surface area contributed by atoms with Gasteiger partial charge in [0.25, 0.3) is 0 Å². The lowest BCUT2D eigenvalue weighted by Crippen LogP contribution is -2.43. The number of likely N-dealkylation sites (tertiary alicyclic amines) is 1. The molecule has 1 aromatic rings. The predicted molar refractivity (Wildman–Crippen MR) is 82.9 cm³/mol. The molecule has 4 nitrogen and oxygen atoms in total. The van der Waals surface area contributed by atoms with Crippen molar-refractivity contribution in [1.82, 2.24) is 15.5 Å². The number of thiophene rings is 1. The first kappa shape index (κ1) is 14.3. The molecule has 1 fully saturated rings. The Labute approximate surface area is 119 Å². The molecule has 5 heteroatoms. The molecule has 0 bridgehead atoms. The van der Waals surface area contributed by atoms with Gasteiger partial charge < -0.3 is 15.5 Å². The number of hydrogen-bond acceptors (Lipinski definition) is 3. The maximum absolute atomic E-state index is 4.28. The molecule has 19 heavy (non-hydrogen) atoms. The number of likely N-dealkylation sites (N-methyl/N-ethyl adjacent to an activating group) is 1. The Morgan fingerprint density at radius 3 is 2.89 bits per heavy atom. The minimum atomic E-state index is 0.641. The molecular formula is C14H24N4S. The molecule has 2 rings (SSSR count). The summed E-state index contributed by atoms with van der Waals surface area (Å²) in [5.41, 5.74) is 0. The van der Waals surface area contributed by atoms with E-state index in [9.17, 15) is 0 Å². The van der Waals surface area contributed by atoms with Gasteiger partial charge in [0, 0.05) is 29.4 Å². The monoisotopic (exact) mass is 280 g/mol. The Kier molecular flexibility index (Phi) is 5.22. The van der Waals surface area contributed by atoms with E-state index >= 15 is 0 Å². The first-order valence-electron chi connectivity index (χ1n) is 6.89. The summed E-state index contributed by atoms with van der Waals surface area (Å²) in [6.07, 6.45) is 2.59. The quantitative estimate of drug-likeness (QED) is 0.653. The SMILES string of the molecule is CN=C(NCc1ccc(C)s1)NCC1CCCN1C. The van der Waals surface area contributed by atoms with Crippen LogP contribution in [0.3, 0.4) is 0 Å². The average Bonchev–Trinajstić information content (AvgIpc) is 2.99. The predicted octanol–water partition coefficient (Wildman–Crippen LogP) is 1.82. The van der Waals surface area contributed by atoms with Crippen molar-refractivity contribution in [2.24, 2.45) is 4.99 Å². The summed E-state index contributed by atoms with van der Waals surface area (Å²) in [4.78, 5) is 9.40. The molecule has 1 aliphatic heterocycles. The Bertz CT molecular complexity index is 427. The van der Waals surface area contributed by atoms with Gasteiger partial charge in [-0.05, 0) is 45.5 Å². The highest BCUT2D eigenvalue weighted by Gasteiger charge is 2.20. The van der Waals surface area contributed by atoms with Crippen LogP contribution in [0.2, 0.25) is 0 Å². The van der Waals surface area contributed by atoms with Crippen molar-refractivity contribution in [1.29, 1.82) is 0 Å². The number of guanidine groups is 1. The second-order valence-electron chi connectivity index (χ2n) is 5.10. The van der Waals surface area contributed by atoms with Gasteiger partial charge in [0.05, 0.1) is 6.54 Å². The van der Waals surface area contributed by atoms with Crippen LogP contribution in [-0.4, -0.2) is 44.1 Å². The highest BCUT2D eigenvalue weighted by Crippen LogP contribution is 2.15. The van der Waals surface area contributed by atoms with E-state index in [1.54, 1.807) is 0 Å². The topological polar surface area (TPSA) is 39.7 Å². The van der Waals surface area contributed by atoms with Crippen LogP contribution >= 0.6 is 11.3 Å². The molecule has 1 unspecified atom stereocenters. The van der Waals surface area contributed by atoms with Crippen LogP contribution in [0.25, 0.3) is 0 Å². The van der Waals surface area contributed by atoms with Gasteiger partial charge in [0.15, 0.2) is 5.96 Å². The minimum Gasteiger partial charge on any atom is -0.355 e. The van der Waals surface area contributed by atoms with Crippen LogP contribution < -0.4 is 10.6 Å². The van der Waals surface area contributed by atoms with E-state index in [4.69, 9.17) is 0 Å². The fourth-order valence-electron chi connectivity index (χ4n) is 2.42. The zero-order valence-electron chi connectivity index (χ0n) is 12.1. The van der Waals surface area contributed by atoms with Gasteiger partial charge in [-0.1, -0.05) is 0 Å². The number of aryl methyl sites for hydroxylation is 1. The number of nitrogens with zero attached hydrogens (tertiary/aromatic N) is 2. The van der Waals surface area contributed by atoms with Crippen molar-refractivity contribution in [2.75, 3.05) is 27.2 Å². The Balaban J connectivity index is 1.74. The number of aliphatic imine (C=N–C) groups is 1. The van der Waals surface area contributed by atoms with E-state index in [0.29, 0.717) is 6.04 Å². The fourth-order valence-corrected chi connectivity index (χ4v) is 3.25. The molecule has 0 aromatic carbocycles. The van der Waals surface area contributed by atoms with Crippen molar-refractivity contribution >= 4 is 17.3 Å². The fraction of sp³-hybridized carbons (Fsp3) is 0.643. The van der Waals surface area contributed by atoms with E-state index < -0.39 is 0 Å². The summed E-state index contributed by atoms with van der Waals surface area (Å²) in [5, 5.41) is 6.79. The molecule has 0 radical (unpaired) electrons. The number of nitrogens with one attached hydrogen (secondary N) is 2. The van der Waals surface area contributed by atoms with Crippen molar-refractivity contribution < 1.29 is 0 Å². The third-order valence-electron chi connectivity index (χ3n) is 3.63. The first-order chi connectivity index (χ1) is 9.19. The Morgan fingerprint density at radius 2 is 2.32 bits per heavy atom. The highest BCUT2D eigenvalue weighted by molar-refractivity contribution is 7.11.